The fourth-order valence-electron chi connectivity index (χ4n) is 3.06. The molecule has 1 aromatic rings. The predicted octanol–water partition coefficient (Wildman–Crippen LogP) is 3.83. The molecule has 0 radical (unpaired) electrons. The van der Waals surface area contributed by atoms with Crippen LogP contribution in [0.3, 0.4) is 0 Å². The highest BCUT2D eigenvalue weighted by atomic mass is 35.5. The van der Waals surface area contributed by atoms with Gasteiger partial charge in [-0.25, -0.2) is 9.97 Å². The van der Waals surface area contributed by atoms with E-state index in [1.165, 1.54) is 12.7 Å². The van der Waals surface area contributed by atoms with Gasteiger partial charge >= 0.3 is 0 Å². The van der Waals surface area contributed by atoms with Gasteiger partial charge in [0.05, 0.1) is 5.60 Å². The Balaban J connectivity index is 1.98. The van der Waals surface area contributed by atoms with E-state index in [-0.39, 0.29) is 0 Å². The second kappa shape index (κ2) is 7.41. The predicted molar refractivity (Wildman–Crippen MR) is 86.7 cm³/mol. The lowest BCUT2D eigenvalue weighted by molar-refractivity contribution is 0.00222. The van der Waals surface area contributed by atoms with Crippen molar-refractivity contribution < 1.29 is 5.11 Å². The maximum Gasteiger partial charge on any atom is 0.137 e. The Hall–Kier alpha value is -0.870. The summed E-state index contributed by atoms with van der Waals surface area (Å²) in [5, 5.41) is 14.5. The van der Waals surface area contributed by atoms with Crippen molar-refractivity contribution in [3.63, 3.8) is 0 Å². The Labute approximate surface area is 132 Å². The lowest BCUT2D eigenvalue weighted by Crippen LogP contribution is -2.40. The Bertz CT molecular complexity index is 459. The molecule has 0 atom stereocenters. The van der Waals surface area contributed by atoms with E-state index in [4.69, 9.17) is 11.6 Å². The van der Waals surface area contributed by atoms with Crippen molar-refractivity contribution in [2.75, 3.05) is 11.9 Å². The zero-order valence-electron chi connectivity index (χ0n) is 13.0. The van der Waals surface area contributed by atoms with Gasteiger partial charge in [0.15, 0.2) is 0 Å². The molecule has 0 amide bonds. The molecule has 1 aliphatic rings. The lowest BCUT2D eigenvalue weighted by atomic mass is 9.78. The zero-order chi connectivity index (χ0) is 15.3. The van der Waals surface area contributed by atoms with Crippen LogP contribution in [0.4, 0.5) is 5.82 Å². The van der Waals surface area contributed by atoms with Crippen molar-refractivity contribution in [3.05, 3.63) is 17.0 Å². The van der Waals surface area contributed by atoms with Gasteiger partial charge in [-0.3, -0.25) is 0 Å². The number of rotatable bonds is 6. The normalized spacial score (nSPS) is 25.8. The van der Waals surface area contributed by atoms with E-state index in [0.29, 0.717) is 11.7 Å². The molecule has 5 heteroatoms. The first kappa shape index (κ1) is 16.5. The summed E-state index contributed by atoms with van der Waals surface area (Å²) in [5.41, 5.74) is 0.333. The van der Waals surface area contributed by atoms with Crippen LogP contribution in [0.15, 0.2) is 6.33 Å². The molecule has 0 unspecified atom stereocenters. The summed E-state index contributed by atoms with van der Waals surface area (Å²) in [6, 6.07) is 0. The van der Waals surface area contributed by atoms with Gasteiger partial charge in [0.1, 0.15) is 17.3 Å². The van der Waals surface area contributed by atoms with Gasteiger partial charge in [-0.05, 0) is 38.0 Å². The maximum absolute atomic E-state index is 10.7. The third-order valence-corrected chi connectivity index (χ3v) is 4.92. The van der Waals surface area contributed by atoms with Gasteiger partial charge in [-0.2, -0.15) is 0 Å². The summed E-state index contributed by atoms with van der Waals surface area (Å²) in [4.78, 5) is 8.33. The minimum Gasteiger partial charge on any atom is -0.388 e. The van der Waals surface area contributed by atoms with Crippen molar-refractivity contribution in [2.24, 2.45) is 5.92 Å². The van der Waals surface area contributed by atoms with Crippen molar-refractivity contribution in [2.45, 2.75) is 64.4 Å². The van der Waals surface area contributed by atoms with Gasteiger partial charge in [0.2, 0.25) is 0 Å². The van der Waals surface area contributed by atoms with Crippen LogP contribution in [0.25, 0.3) is 0 Å². The molecule has 1 fully saturated rings. The minimum atomic E-state index is -0.618. The van der Waals surface area contributed by atoms with Crippen LogP contribution in [0, 0.1) is 5.92 Å². The topological polar surface area (TPSA) is 58.0 Å². The van der Waals surface area contributed by atoms with Crippen molar-refractivity contribution in [3.8, 4) is 0 Å². The number of aromatic nitrogens is 2. The smallest absolute Gasteiger partial charge is 0.137 e. The van der Waals surface area contributed by atoms with Crippen molar-refractivity contribution in [1.29, 1.82) is 0 Å². The molecule has 1 aliphatic carbocycles. The standard InChI is InChI=1S/C16H26ClN3O/c1-3-5-13-14(17)19-11-20-15(13)18-10-16(21)8-6-12(4-2)7-9-16/h11-12,21H,3-10H2,1-2H3,(H,18,19,20). The first-order valence-corrected chi connectivity index (χ1v) is 8.41. The molecule has 0 bridgehead atoms. The minimum absolute atomic E-state index is 0.510. The summed E-state index contributed by atoms with van der Waals surface area (Å²) >= 11 is 6.15. The maximum atomic E-state index is 10.7. The molecule has 1 saturated carbocycles. The molecule has 118 valence electrons. The highest BCUT2D eigenvalue weighted by molar-refractivity contribution is 6.30. The molecule has 0 aromatic carbocycles. The fraction of sp³-hybridized carbons (Fsp3) is 0.750. The molecule has 0 spiro atoms. The Morgan fingerprint density at radius 2 is 2.05 bits per heavy atom. The Morgan fingerprint density at radius 1 is 1.33 bits per heavy atom. The number of anilines is 1. The second-order valence-corrected chi connectivity index (χ2v) is 6.53. The molecule has 1 heterocycles. The molecule has 2 rings (SSSR count). The van der Waals surface area contributed by atoms with Gasteiger partial charge in [-0.15, -0.1) is 0 Å². The fourth-order valence-corrected chi connectivity index (χ4v) is 3.29. The number of nitrogens with one attached hydrogen (secondary N) is 1. The van der Waals surface area contributed by atoms with Crippen LogP contribution >= 0.6 is 11.6 Å². The van der Waals surface area contributed by atoms with Crippen LogP contribution < -0.4 is 5.32 Å². The Morgan fingerprint density at radius 3 is 2.67 bits per heavy atom. The van der Waals surface area contributed by atoms with Crippen LogP contribution in [-0.4, -0.2) is 27.2 Å². The van der Waals surface area contributed by atoms with Gasteiger partial charge in [-0.1, -0.05) is 38.3 Å². The number of halogens is 1. The SMILES string of the molecule is CCCc1c(Cl)ncnc1NCC1(O)CCC(CC)CC1. The van der Waals surface area contributed by atoms with Gasteiger partial charge < -0.3 is 10.4 Å². The van der Waals surface area contributed by atoms with E-state index in [2.05, 4.69) is 29.1 Å². The lowest BCUT2D eigenvalue weighted by Gasteiger charge is -2.36. The first-order valence-electron chi connectivity index (χ1n) is 8.03. The van der Waals surface area contributed by atoms with Crippen LogP contribution in [0.5, 0.6) is 0 Å². The number of hydrogen-bond donors (Lipinski definition) is 2. The van der Waals surface area contributed by atoms with E-state index in [1.807, 2.05) is 0 Å². The zero-order valence-corrected chi connectivity index (χ0v) is 13.8. The van der Waals surface area contributed by atoms with E-state index in [1.54, 1.807) is 0 Å². The number of aliphatic hydroxyl groups is 1. The van der Waals surface area contributed by atoms with Gasteiger partial charge in [0, 0.05) is 12.1 Å². The quantitative estimate of drug-likeness (QED) is 0.784. The number of nitrogens with zero attached hydrogens (tertiary/aromatic N) is 2. The van der Waals surface area contributed by atoms with Crippen LogP contribution in [0.2, 0.25) is 5.15 Å². The number of hydrogen-bond acceptors (Lipinski definition) is 4. The molecule has 2 N–H and O–H groups in total. The third kappa shape index (κ3) is 4.30. The van der Waals surface area contributed by atoms with E-state index >= 15 is 0 Å². The highest BCUT2D eigenvalue weighted by Gasteiger charge is 2.32. The molecular formula is C16H26ClN3O. The molecule has 4 nitrogen and oxygen atoms in total. The molecule has 1 aromatic heterocycles. The average molecular weight is 312 g/mol. The summed E-state index contributed by atoms with van der Waals surface area (Å²) in [7, 11) is 0. The average Bonchev–Trinajstić information content (AvgIpc) is 2.49. The molecule has 21 heavy (non-hydrogen) atoms. The summed E-state index contributed by atoms with van der Waals surface area (Å²) in [5.74, 6) is 1.54. The van der Waals surface area contributed by atoms with E-state index < -0.39 is 5.60 Å². The molecule has 0 aliphatic heterocycles. The summed E-state index contributed by atoms with van der Waals surface area (Å²) in [6.45, 7) is 4.87. The van der Waals surface area contributed by atoms with Crippen molar-refractivity contribution in [1.82, 2.24) is 9.97 Å². The van der Waals surface area contributed by atoms with Crippen LogP contribution in [-0.2, 0) is 6.42 Å². The highest BCUT2D eigenvalue weighted by Crippen LogP contribution is 2.34. The second-order valence-electron chi connectivity index (χ2n) is 6.17. The van der Waals surface area contributed by atoms with E-state index in [9.17, 15) is 5.11 Å². The van der Waals surface area contributed by atoms with Crippen molar-refractivity contribution >= 4 is 17.4 Å². The summed E-state index contributed by atoms with van der Waals surface area (Å²) in [6.07, 6.45) is 8.47. The van der Waals surface area contributed by atoms with Crippen LogP contribution in [0.1, 0.15) is 57.9 Å². The Kier molecular flexibility index (Phi) is 5.82. The molecule has 0 saturated heterocycles. The monoisotopic (exact) mass is 311 g/mol. The van der Waals surface area contributed by atoms with Gasteiger partial charge in [0.25, 0.3) is 0 Å². The largest absolute Gasteiger partial charge is 0.388 e. The summed E-state index contributed by atoms with van der Waals surface area (Å²) < 4.78 is 0. The molecular weight excluding hydrogens is 286 g/mol. The third-order valence-electron chi connectivity index (χ3n) is 4.59. The first-order chi connectivity index (χ1) is 10.1. The van der Waals surface area contributed by atoms with E-state index in [0.717, 1.165) is 55.8 Å².